The summed E-state index contributed by atoms with van der Waals surface area (Å²) in [4.78, 5) is 0. The van der Waals surface area contributed by atoms with E-state index < -0.39 is 0 Å². The number of allylic oxidation sites excluding steroid dienone is 1. The van der Waals surface area contributed by atoms with Gasteiger partial charge in [0.2, 0.25) is 0 Å². The summed E-state index contributed by atoms with van der Waals surface area (Å²) in [6, 6.07) is 10.2. The van der Waals surface area contributed by atoms with E-state index in [1.807, 2.05) is 18.2 Å². The summed E-state index contributed by atoms with van der Waals surface area (Å²) in [5.41, 5.74) is 1.23. The molecule has 1 N–H and O–H groups in total. The fourth-order valence-corrected chi connectivity index (χ4v) is 2.17. The summed E-state index contributed by atoms with van der Waals surface area (Å²) < 4.78 is 0. The van der Waals surface area contributed by atoms with Crippen LogP contribution in [0.3, 0.4) is 0 Å². The van der Waals surface area contributed by atoms with E-state index in [0.717, 1.165) is 12.8 Å². The smallest absolute Gasteiger partial charge is 0.0643 e. The molecule has 2 rings (SSSR count). The lowest BCUT2D eigenvalue weighted by Crippen LogP contribution is -2.22. The summed E-state index contributed by atoms with van der Waals surface area (Å²) in [6.45, 7) is 0. The van der Waals surface area contributed by atoms with Crippen LogP contribution in [0.25, 0.3) is 0 Å². The molecule has 0 saturated carbocycles. The maximum atomic E-state index is 10.1. The highest BCUT2D eigenvalue weighted by Gasteiger charge is 2.18. The average Bonchev–Trinajstić information content (AvgIpc) is 2.31. The maximum Gasteiger partial charge on any atom is 0.0643 e. The number of aliphatic hydroxyl groups excluding tert-OH is 1. The predicted octanol–water partition coefficient (Wildman–Crippen LogP) is 2.95. The fourth-order valence-electron chi connectivity index (χ4n) is 2.17. The Hall–Kier alpha value is -1.08. The van der Waals surface area contributed by atoms with Crippen molar-refractivity contribution in [3.05, 3.63) is 48.0 Å². The summed E-state index contributed by atoms with van der Waals surface area (Å²) in [5, 5.41) is 10.1. The van der Waals surface area contributed by atoms with Crippen LogP contribution in [0.4, 0.5) is 0 Å². The third-order valence-corrected chi connectivity index (χ3v) is 3.07. The van der Waals surface area contributed by atoms with Crippen LogP contribution in [0.15, 0.2) is 42.5 Å². The molecule has 80 valence electrons. The Morgan fingerprint density at radius 1 is 1.27 bits per heavy atom. The fraction of sp³-hybridized carbons (Fsp3) is 0.429. The van der Waals surface area contributed by atoms with Crippen LogP contribution in [0.1, 0.15) is 24.8 Å². The van der Waals surface area contributed by atoms with Gasteiger partial charge in [0, 0.05) is 5.92 Å². The number of rotatable bonds is 3. The monoisotopic (exact) mass is 202 g/mol. The van der Waals surface area contributed by atoms with Crippen LogP contribution < -0.4 is 0 Å². The van der Waals surface area contributed by atoms with Gasteiger partial charge < -0.3 is 5.11 Å². The largest absolute Gasteiger partial charge is 0.392 e. The van der Waals surface area contributed by atoms with E-state index in [-0.39, 0.29) is 6.10 Å². The Bertz CT molecular complexity index is 315. The average molecular weight is 202 g/mol. The second kappa shape index (κ2) is 5.13. The molecule has 0 saturated heterocycles. The summed E-state index contributed by atoms with van der Waals surface area (Å²) in [5.74, 6) is 0.360. The van der Waals surface area contributed by atoms with Crippen LogP contribution in [0.5, 0.6) is 0 Å². The lowest BCUT2D eigenvalue weighted by molar-refractivity contribution is 0.122. The minimum absolute atomic E-state index is 0.219. The number of hydrogen-bond donors (Lipinski definition) is 1. The van der Waals surface area contributed by atoms with Crippen LogP contribution in [0, 0.1) is 5.92 Å². The van der Waals surface area contributed by atoms with Crippen molar-refractivity contribution in [2.75, 3.05) is 0 Å². The van der Waals surface area contributed by atoms with Gasteiger partial charge in [0.05, 0.1) is 6.10 Å². The van der Waals surface area contributed by atoms with Crippen molar-refractivity contribution in [2.24, 2.45) is 5.92 Å². The van der Waals surface area contributed by atoms with Gasteiger partial charge in [-0.05, 0) is 31.2 Å². The Labute approximate surface area is 91.4 Å². The molecule has 1 aliphatic rings. The SMILES string of the molecule is O[C@H](Cc1ccccc1)C1C=CCCC1. The molecule has 1 unspecified atom stereocenters. The van der Waals surface area contributed by atoms with E-state index in [2.05, 4.69) is 24.3 Å². The number of hydrogen-bond acceptors (Lipinski definition) is 1. The Morgan fingerprint density at radius 2 is 2.07 bits per heavy atom. The zero-order valence-electron chi connectivity index (χ0n) is 8.97. The summed E-state index contributed by atoms with van der Waals surface area (Å²) >= 11 is 0. The van der Waals surface area contributed by atoms with E-state index in [1.54, 1.807) is 0 Å². The molecule has 1 heteroatoms. The van der Waals surface area contributed by atoms with Crippen LogP contribution in [-0.2, 0) is 6.42 Å². The molecule has 0 spiro atoms. The van der Waals surface area contributed by atoms with Gasteiger partial charge in [0.25, 0.3) is 0 Å². The molecule has 1 aliphatic carbocycles. The molecule has 1 nitrogen and oxygen atoms in total. The molecule has 0 aromatic heterocycles. The molecule has 0 heterocycles. The van der Waals surface area contributed by atoms with Crippen LogP contribution >= 0.6 is 0 Å². The Kier molecular flexibility index (Phi) is 3.57. The lowest BCUT2D eigenvalue weighted by Gasteiger charge is -2.22. The molecule has 0 aliphatic heterocycles. The van der Waals surface area contributed by atoms with Crippen molar-refractivity contribution in [3.63, 3.8) is 0 Å². The van der Waals surface area contributed by atoms with Crippen molar-refractivity contribution < 1.29 is 5.11 Å². The molecule has 15 heavy (non-hydrogen) atoms. The highest BCUT2D eigenvalue weighted by Crippen LogP contribution is 2.22. The Morgan fingerprint density at radius 3 is 2.73 bits per heavy atom. The zero-order valence-corrected chi connectivity index (χ0v) is 8.97. The van der Waals surface area contributed by atoms with Gasteiger partial charge in [-0.2, -0.15) is 0 Å². The number of aliphatic hydroxyl groups is 1. The predicted molar refractivity (Wildman–Crippen MR) is 62.6 cm³/mol. The van der Waals surface area contributed by atoms with Gasteiger partial charge in [0.1, 0.15) is 0 Å². The quantitative estimate of drug-likeness (QED) is 0.747. The minimum Gasteiger partial charge on any atom is -0.392 e. The van der Waals surface area contributed by atoms with Crippen molar-refractivity contribution >= 4 is 0 Å². The maximum absolute atomic E-state index is 10.1. The van der Waals surface area contributed by atoms with Gasteiger partial charge in [0.15, 0.2) is 0 Å². The molecular formula is C14H18O. The van der Waals surface area contributed by atoms with Gasteiger partial charge in [-0.15, -0.1) is 0 Å². The van der Waals surface area contributed by atoms with Crippen molar-refractivity contribution in [1.29, 1.82) is 0 Å². The van der Waals surface area contributed by atoms with Crippen molar-refractivity contribution in [1.82, 2.24) is 0 Å². The molecule has 0 radical (unpaired) electrons. The molecular weight excluding hydrogens is 184 g/mol. The highest BCUT2D eigenvalue weighted by atomic mass is 16.3. The molecule has 1 aromatic carbocycles. The minimum atomic E-state index is -0.219. The van der Waals surface area contributed by atoms with Gasteiger partial charge in [-0.3, -0.25) is 0 Å². The molecule has 1 aromatic rings. The standard InChI is InChI=1S/C14H18O/c15-14(13-9-5-2-6-10-13)11-12-7-3-1-4-8-12/h1,3-5,7-9,13-15H,2,6,10-11H2/t13?,14-/m1/s1. The Balaban J connectivity index is 1.94. The van der Waals surface area contributed by atoms with Crippen LogP contribution in [0.2, 0.25) is 0 Å². The topological polar surface area (TPSA) is 20.2 Å². The zero-order chi connectivity index (χ0) is 10.5. The van der Waals surface area contributed by atoms with Crippen LogP contribution in [-0.4, -0.2) is 11.2 Å². The lowest BCUT2D eigenvalue weighted by atomic mass is 9.88. The first-order valence-electron chi connectivity index (χ1n) is 5.75. The highest BCUT2D eigenvalue weighted by molar-refractivity contribution is 5.16. The van der Waals surface area contributed by atoms with Gasteiger partial charge in [-0.1, -0.05) is 42.5 Å². The van der Waals surface area contributed by atoms with E-state index in [4.69, 9.17) is 0 Å². The van der Waals surface area contributed by atoms with Crippen molar-refractivity contribution in [3.8, 4) is 0 Å². The summed E-state index contributed by atoms with van der Waals surface area (Å²) in [6.07, 6.45) is 8.45. The molecule has 0 amide bonds. The molecule has 0 fully saturated rings. The second-order valence-corrected chi connectivity index (χ2v) is 4.28. The van der Waals surface area contributed by atoms with Crippen molar-refractivity contribution in [2.45, 2.75) is 31.8 Å². The summed E-state index contributed by atoms with van der Waals surface area (Å²) in [7, 11) is 0. The second-order valence-electron chi connectivity index (χ2n) is 4.28. The first-order valence-corrected chi connectivity index (χ1v) is 5.75. The normalized spacial score (nSPS) is 22.6. The van der Waals surface area contributed by atoms with E-state index in [0.29, 0.717) is 5.92 Å². The molecule has 2 atom stereocenters. The van der Waals surface area contributed by atoms with E-state index in [9.17, 15) is 5.11 Å². The van der Waals surface area contributed by atoms with Gasteiger partial charge >= 0.3 is 0 Å². The number of benzene rings is 1. The van der Waals surface area contributed by atoms with E-state index >= 15 is 0 Å². The van der Waals surface area contributed by atoms with E-state index in [1.165, 1.54) is 18.4 Å². The third-order valence-electron chi connectivity index (χ3n) is 3.07. The first-order chi connectivity index (χ1) is 7.36. The first kappa shape index (κ1) is 10.4. The third kappa shape index (κ3) is 2.93. The molecule has 0 bridgehead atoms. The van der Waals surface area contributed by atoms with Gasteiger partial charge in [-0.25, -0.2) is 0 Å².